The summed E-state index contributed by atoms with van der Waals surface area (Å²) in [7, 11) is 0. The highest BCUT2D eigenvalue weighted by molar-refractivity contribution is 5.78. The van der Waals surface area contributed by atoms with Crippen LogP contribution < -0.4 is 5.32 Å². The third-order valence-corrected chi connectivity index (χ3v) is 5.52. The molecule has 152 valence electrons. The van der Waals surface area contributed by atoms with Crippen LogP contribution in [-0.2, 0) is 16.1 Å². The molecular weight excluding hydrogens is 369 g/mol. The van der Waals surface area contributed by atoms with Gasteiger partial charge in [0, 0.05) is 6.54 Å². The minimum atomic E-state index is -0.310. The number of aromatic nitrogens is 2. The largest absolute Gasteiger partial charge is 0.368 e. The maximum atomic E-state index is 13.4. The Kier molecular flexibility index (Phi) is 6.20. The molecule has 0 bridgehead atoms. The van der Waals surface area contributed by atoms with Crippen molar-refractivity contribution in [3.8, 4) is 0 Å². The molecule has 1 amide bonds. The summed E-state index contributed by atoms with van der Waals surface area (Å²) in [5.74, 6) is -0.457. The van der Waals surface area contributed by atoms with Gasteiger partial charge in [0.1, 0.15) is 12.4 Å². The van der Waals surface area contributed by atoms with Gasteiger partial charge in [-0.2, -0.15) is 0 Å². The van der Waals surface area contributed by atoms with E-state index in [0.717, 1.165) is 42.3 Å². The standard InChI is InChI=1S/C23H26FN3O2/c24-18-12-10-17(11-13-18)21(14-27-16-25-20-8-4-5-9-22(20)27)26-23(28)15-29-19-6-2-1-3-7-19/h4-5,8-13,16,19,21H,1-3,6-7,14-15H2,(H,26,28)/t21-/m1/s1. The molecule has 0 aliphatic heterocycles. The molecule has 5 nitrogen and oxygen atoms in total. The van der Waals surface area contributed by atoms with E-state index >= 15 is 0 Å². The van der Waals surface area contributed by atoms with Gasteiger partial charge in [0.2, 0.25) is 5.91 Å². The van der Waals surface area contributed by atoms with E-state index in [2.05, 4.69) is 10.3 Å². The van der Waals surface area contributed by atoms with Crippen molar-refractivity contribution >= 4 is 16.9 Å². The van der Waals surface area contributed by atoms with Crippen LogP contribution in [0.5, 0.6) is 0 Å². The summed E-state index contributed by atoms with van der Waals surface area (Å²) in [6.07, 6.45) is 7.57. The lowest BCUT2D eigenvalue weighted by Crippen LogP contribution is -2.35. The fourth-order valence-electron chi connectivity index (χ4n) is 3.94. The van der Waals surface area contributed by atoms with Gasteiger partial charge in [-0.3, -0.25) is 4.79 Å². The molecule has 1 aromatic heterocycles. The van der Waals surface area contributed by atoms with Gasteiger partial charge in [-0.1, -0.05) is 43.5 Å². The lowest BCUT2D eigenvalue weighted by atomic mass is 9.98. The van der Waals surface area contributed by atoms with Gasteiger partial charge in [-0.25, -0.2) is 9.37 Å². The number of amides is 1. The first kappa shape index (κ1) is 19.6. The fraction of sp³-hybridized carbons (Fsp3) is 0.391. The fourth-order valence-corrected chi connectivity index (χ4v) is 3.94. The summed E-state index contributed by atoms with van der Waals surface area (Å²) in [6.45, 7) is 0.550. The number of hydrogen-bond donors (Lipinski definition) is 1. The molecule has 1 aliphatic rings. The van der Waals surface area contributed by atoms with E-state index in [0.29, 0.717) is 6.54 Å². The van der Waals surface area contributed by atoms with Gasteiger partial charge in [0.05, 0.1) is 29.5 Å². The number of ether oxygens (including phenoxy) is 1. The van der Waals surface area contributed by atoms with Crippen LogP contribution >= 0.6 is 0 Å². The Morgan fingerprint density at radius 3 is 2.69 bits per heavy atom. The number of carbonyl (C=O) groups is 1. The molecule has 1 heterocycles. The number of hydrogen-bond acceptors (Lipinski definition) is 3. The second kappa shape index (κ2) is 9.18. The topological polar surface area (TPSA) is 56.1 Å². The summed E-state index contributed by atoms with van der Waals surface area (Å²) >= 11 is 0. The highest BCUT2D eigenvalue weighted by atomic mass is 19.1. The predicted octanol–water partition coefficient (Wildman–Crippen LogP) is 4.38. The number of imidazole rings is 1. The number of fused-ring (bicyclic) bond motifs is 1. The van der Waals surface area contributed by atoms with Crippen LogP contribution in [0.25, 0.3) is 11.0 Å². The number of nitrogens with zero attached hydrogens (tertiary/aromatic N) is 2. The Morgan fingerprint density at radius 1 is 1.14 bits per heavy atom. The van der Waals surface area contributed by atoms with Crippen LogP contribution in [0.4, 0.5) is 4.39 Å². The second-order valence-electron chi connectivity index (χ2n) is 7.63. The lowest BCUT2D eigenvalue weighted by Gasteiger charge is -2.23. The summed E-state index contributed by atoms with van der Waals surface area (Å²) in [6, 6.07) is 13.8. The molecule has 1 fully saturated rings. The number of halogens is 1. The van der Waals surface area contributed by atoms with Gasteiger partial charge in [-0.05, 0) is 42.7 Å². The third kappa shape index (κ3) is 5.01. The van der Waals surface area contributed by atoms with Crippen molar-refractivity contribution in [2.24, 2.45) is 0 Å². The van der Waals surface area contributed by atoms with Crippen LogP contribution in [-0.4, -0.2) is 28.2 Å². The minimum absolute atomic E-state index is 0.0486. The zero-order valence-corrected chi connectivity index (χ0v) is 16.4. The smallest absolute Gasteiger partial charge is 0.246 e. The normalized spacial score (nSPS) is 16.0. The maximum absolute atomic E-state index is 13.4. The molecule has 1 N–H and O–H groups in total. The first-order valence-corrected chi connectivity index (χ1v) is 10.3. The molecule has 1 atom stereocenters. The Morgan fingerprint density at radius 2 is 1.90 bits per heavy atom. The van der Waals surface area contributed by atoms with Gasteiger partial charge < -0.3 is 14.6 Å². The van der Waals surface area contributed by atoms with E-state index in [1.165, 1.54) is 18.6 Å². The highest BCUT2D eigenvalue weighted by Crippen LogP contribution is 2.21. The molecule has 29 heavy (non-hydrogen) atoms. The molecular formula is C23H26FN3O2. The molecule has 0 unspecified atom stereocenters. The van der Waals surface area contributed by atoms with Crippen molar-refractivity contribution in [2.75, 3.05) is 6.61 Å². The van der Waals surface area contributed by atoms with E-state index in [9.17, 15) is 9.18 Å². The minimum Gasteiger partial charge on any atom is -0.368 e. The summed E-state index contributed by atoms with van der Waals surface area (Å²) in [5.41, 5.74) is 2.74. The maximum Gasteiger partial charge on any atom is 0.246 e. The van der Waals surface area contributed by atoms with Crippen LogP contribution in [0.3, 0.4) is 0 Å². The van der Waals surface area contributed by atoms with E-state index < -0.39 is 0 Å². The average Bonchev–Trinajstić information content (AvgIpc) is 3.16. The molecule has 1 saturated carbocycles. The number of para-hydroxylation sites is 2. The van der Waals surface area contributed by atoms with Gasteiger partial charge in [0.15, 0.2) is 0 Å². The molecule has 3 aromatic rings. The zero-order chi connectivity index (χ0) is 20.1. The Labute approximate surface area is 169 Å². The molecule has 0 spiro atoms. The zero-order valence-electron chi connectivity index (χ0n) is 16.4. The van der Waals surface area contributed by atoms with Crippen molar-refractivity contribution < 1.29 is 13.9 Å². The van der Waals surface area contributed by atoms with Gasteiger partial charge in [-0.15, -0.1) is 0 Å². The van der Waals surface area contributed by atoms with Gasteiger partial charge in [0.25, 0.3) is 0 Å². The predicted molar refractivity (Wildman–Crippen MR) is 110 cm³/mol. The molecule has 1 aliphatic carbocycles. The quantitative estimate of drug-likeness (QED) is 0.646. The Bertz CT molecular complexity index is 948. The molecule has 0 radical (unpaired) electrons. The summed E-state index contributed by atoms with van der Waals surface area (Å²) in [4.78, 5) is 17.0. The number of nitrogens with one attached hydrogen (secondary N) is 1. The SMILES string of the molecule is O=C(COC1CCCCC1)N[C@H](Cn1cnc2ccccc21)c1ccc(F)cc1. The number of rotatable bonds is 7. The van der Waals surface area contributed by atoms with Crippen molar-refractivity contribution in [2.45, 2.75) is 50.8 Å². The molecule has 0 saturated heterocycles. The van der Waals surface area contributed by atoms with Crippen LogP contribution in [0.15, 0.2) is 54.9 Å². The van der Waals surface area contributed by atoms with E-state index in [-0.39, 0.29) is 30.5 Å². The van der Waals surface area contributed by atoms with Crippen molar-refractivity contribution in [3.05, 3.63) is 66.2 Å². The van der Waals surface area contributed by atoms with Crippen molar-refractivity contribution in [1.82, 2.24) is 14.9 Å². The number of benzene rings is 2. The van der Waals surface area contributed by atoms with Crippen LogP contribution in [0, 0.1) is 5.82 Å². The van der Waals surface area contributed by atoms with E-state index in [4.69, 9.17) is 4.74 Å². The molecule has 6 heteroatoms. The molecule has 2 aromatic carbocycles. The first-order chi connectivity index (χ1) is 14.2. The Balaban J connectivity index is 1.47. The van der Waals surface area contributed by atoms with Crippen molar-refractivity contribution in [1.29, 1.82) is 0 Å². The average molecular weight is 395 g/mol. The highest BCUT2D eigenvalue weighted by Gasteiger charge is 2.19. The van der Waals surface area contributed by atoms with E-state index in [1.54, 1.807) is 18.5 Å². The van der Waals surface area contributed by atoms with E-state index in [1.807, 2.05) is 28.8 Å². The second-order valence-corrected chi connectivity index (χ2v) is 7.63. The Hall–Kier alpha value is -2.73. The summed E-state index contributed by atoms with van der Waals surface area (Å²) < 4.78 is 21.2. The van der Waals surface area contributed by atoms with Crippen LogP contribution in [0.1, 0.15) is 43.7 Å². The summed E-state index contributed by atoms with van der Waals surface area (Å²) in [5, 5.41) is 3.06. The van der Waals surface area contributed by atoms with Crippen LogP contribution in [0.2, 0.25) is 0 Å². The lowest BCUT2D eigenvalue weighted by molar-refractivity contribution is -0.129. The first-order valence-electron chi connectivity index (χ1n) is 10.3. The number of carbonyl (C=O) groups excluding carboxylic acids is 1. The monoisotopic (exact) mass is 395 g/mol. The molecule has 4 rings (SSSR count). The van der Waals surface area contributed by atoms with Crippen molar-refractivity contribution in [3.63, 3.8) is 0 Å². The third-order valence-electron chi connectivity index (χ3n) is 5.52. The van der Waals surface area contributed by atoms with Gasteiger partial charge >= 0.3 is 0 Å².